The average Bonchev–Trinajstić information content (AvgIpc) is 3.09. The smallest absolute Gasteiger partial charge is 0.240 e. The molecule has 4 nitrogen and oxygen atoms in total. The van der Waals surface area contributed by atoms with Crippen molar-refractivity contribution in [3.8, 4) is 0 Å². The van der Waals surface area contributed by atoms with Crippen LogP contribution in [-0.4, -0.2) is 47.9 Å². The zero-order valence-corrected chi connectivity index (χ0v) is 13.3. The molecule has 0 aromatic carbocycles. The van der Waals surface area contributed by atoms with E-state index in [1.54, 1.807) is 0 Å². The number of nitrogens with zero attached hydrogens (tertiary/aromatic N) is 2. The Kier molecular flexibility index (Phi) is 4.65. The molecule has 2 aliphatic carbocycles. The highest BCUT2D eigenvalue weighted by Crippen LogP contribution is 2.35. The van der Waals surface area contributed by atoms with Gasteiger partial charge in [-0.1, -0.05) is 12.5 Å². The second-order valence-corrected chi connectivity index (χ2v) is 6.94. The maximum absolute atomic E-state index is 12.6. The first kappa shape index (κ1) is 15.0. The van der Waals surface area contributed by atoms with Crippen LogP contribution in [0.2, 0.25) is 0 Å². The SMILES string of the molecule is CCN(C(=O)CN1CC2CCCC(N)C2C1)C1=CCCC1. The fraction of sp³-hybridized carbons (Fsp3) is 0.824. The van der Waals surface area contributed by atoms with Crippen LogP contribution in [0.4, 0.5) is 0 Å². The Balaban J connectivity index is 1.57. The Morgan fingerprint density at radius 3 is 2.90 bits per heavy atom. The second kappa shape index (κ2) is 6.49. The van der Waals surface area contributed by atoms with Crippen LogP contribution in [0.25, 0.3) is 0 Å². The van der Waals surface area contributed by atoms with Crippen LogP contribution in [0.3, 0.4) is 0 Å². The molecule has 0 aromatic heterocycles. The van der Waals surface area contributed by atoms with Crippen molar-refractivity contribution >= 4 is 5.91 Å². The summed E-state index contributed by atoms with van der Waals surface area (Å²) in [7, 11) is 0. The monoisotopic (exact) mass is 291 g/mol. The van der Waals surface area contributed by atoms with E-state index in [1.807, 2.05) is 4.90 Å². The predicted molar refractivity (Wildman–Crippen MR) is 84.6 cm³/mol. The van der Waals surface area contributed by atoms with Gasteiger partial charge in [-0.25, -0.2) is 0 Å². The normalized spacial score (nSPS) is 32.9. The standard InChI is InChI=1S/C17H29N3O/c1-2-20(14-7-3-4-8-14)17(21)12-19-10-13-6-5-9-16(18)15(13)11-19/h7,13,15-16H,2-6,8-12,18H2,1H3. The van der Waals surface area contributed by atoms with Gasteiger partial charge in [0.1, 0.15) is 0 Å². The topological polar surface area (TPSA) is 49.6 Å². The van der Waals surface area contributed by atoms with Gasteiger partial charge in [-0.3, -0.25) is 9.69 Å². The molecule has 0 aromatic rings. The summed E-state index contributed by atoms with van der Waals surface area (Å²) < 4.78 is 0. The van der Waals surface area contributed by atoms with Gasteiger partial charge >= 0.3 is 0 Å². The van der Waals surface area contributed by atoms with E-state index < -0.39 is 0 Å². The Bertz CT molecular complexity index is 420. The van der Waals surface area contributed by atoms with Gasteiger partial charge in [-0.15, -0.1) is 0 Å². The van der Waals surface area contributed by atoms with Crippen molar-refractivity contribution in [3.63, 3.8) is 0 Å². The van der Waals surface area contributed by atoms with Crippen molar-refractivity contribution in [2.24, 2.45) is 17.6 Å². The van der Waals surface area contributed by atoms with Gasteiger partial charge in [0.05, 0.1) is 6.54 Å². The second-order valence-electron chi connectivity index (χ2n) is 6.94. The van der Waals surface area contributed by atoms with Gasteiger partial charge in [-0.2, -0.15) is 0 Å². The van der Waals surface area contributed by atoms with Gasteiger partial charge in [-0.05, 0) is 50.9 Å². The number of allylic oxidation sites excluding steroid dienone is 2. The Morgan fingerprint density at radius 2 is 2.24 bits per heavy atom. The highest BCUT2D eigenvalue weighted by atomic mass is 16.2. The molecule has 0 radical (unpaired) electrons. The van der Waals surface area contributed by atoms with E-state index in [1.165, 1.54) is 25.0 Å². The molecule has 1 heterocycles. The molecule has 3 atom stereocenters. The fourth-order valence-corrected chi connectivity index (χ4v) is 4.45. The van der Waals surface area contributed by atoms with E-state index >= 15 is 0 Å². The van der Waals surface area contributed by atoms with Crippen molar-refractivity contribution in [2.75, 3.05) is 26.2 Å². The summed E-state index contributed by atoms with van der Waals surface area (Å²) in [4.78, 5) is 17.0. The van der Waals surface area contributed by atoms with E-state index in [-0.39, 0.29) is 5.91 Å². The number of carbonyl (C=O) groups excluding carboxylic acids is 1. The van der Waals surface area contributed by atoms with Crippen LogP contribution in [0, 0.1) is 11.8 Å². The lowest BCUT2D eigenvalue weighted by molar-refractivity contribution is -0.130. The third-order valence-electron chi connectivity index (χ3n) is 5.57. The first-order chi connectivity index (χ1) is 10.2. The van der Waals surface area contributed by atoms with Gasteiger partial charge in [0.2, 0.25) is 5.91 Å². The minimum absolute atomic E-state index is 0.276. The summed E-state index contributed by atoms with van der Waals surface area (Å²) in [6.07, 6.45) is 9.35. The first-order valence-corrected chi connectivity index (χ1v) is 8.66. The molecular weight excluding hydrogens is 262 g/mol. The van der Waals surface area contributed by atoms with Crippen molar-refractivity contribution in [3.05, 3.63) is 11.8 Å². The number of fused-ring (bicyclic) bond motifs is 1. The summed E-state index contributed by atoms with van der Waals surface area (Å²) in [6.45, 7) is 5.54. The third-order valence-corrected chi connectivity index (χ3v) is 5.57. The quantitative estimate of drug-likeness (QED) is 0.861. The van der Waals surface area contributed by atoms with Crippen molar-refractivity contribution in [1.82, 2.24) is 9.80 Å². The Morgan fingerprint density at radius 1 is 1.38 bits per heavy atom. The molecule has 21 heavy (non-hydrogen) atoms. The molecule has 0 bridgehead atoms. The number of rotatable bonds is 4. The summed E-state index contributed by atoms with van der Waals surface area (Å²) in [5.41, 5.74) is 7.51. The van der Waals surface area contributed by atoms with E-state index in [0.29, 0.717) is 18.5 Å². The highest BCUT2D eigenvalue weighted by Gasteiger charge is 2.39. The molecule has 3 unspecified atom stereocenters. The summed E-state index contributed by atoms with van der Waals surface area (Å²) in [6, 6.07) is 0.351. The molecule has 2 N–H and O–H groups in total. The van der Waals surface area contributed by atoms with Crippen molar-refractivity contribution in [1.29, 1.82) is 0 Å². The zero-order valence-electron chi connectivity index (χ0n) is 13.3. The number of likely N-dealkylation sites (N-methyl/N-ethyl adjacent to an activating group) is 1. The first-order valence-electron chi connectivity index (χ1n) is 8.66. The number of carbonyl (C=O) groups is 1. The fourth-order valence-electron chi connectivity index (χ4n) is 4.45. The molecule has 0 spiro atoms. The van der Waals surface area contributed by atoms with Crippen LogP contribution in [0.1, 0.15) is 45.4 Å². The zero-order chi connectivity index (χ0) is 14.8. The number of hydrogen-bond acceptors (Lipinski definition) is 3. The summed E-state index contributed by atoms with van der Waals surface area (Å²) in [5, 5.41) is 0. The molecule has 1 saturated heterocycles. The molecule has 3 rings (SSSR count). The van der Waals surface area contributed by atoms with Crippen LogP contribution in [0.15, 0.2) is 11.8 Å². The van der Waals surface area contributed by atoms with Crippen LogP contribution in [0.5, 0.6) is 0 Å². The van der Waals surface area contributed by atoms with Gasteiger partial charge < -0.3 is 10.6 Å². The predicted octanol–water partition coefficient (Wildman–Crippen LogP) is 1.96. The molecule has 2 fully saturated rings. The minimum atomic E-state index is 0.276. The average molecular weight is 291 g/mol. The Labute approximate surface area is 128 Å². The molecule has 1 saturated carbocycles. The largest absolute Gasteiger partial charge is 0.327 e. The van der Waals surface area contributed by atoms with Crippen LogP contribution in [-0.2, 0) is 4.79 Å². The number of amides is 1. The van der Waals surface area contributed by atoms with Crippen LogP contribution >= 0.6 is 0 Å². The molecule has 1 amide bonds. The molecular formula is C17H29N3O. The van der Waals surface area contributed by atoms with Crippen LogP contribution < -0.4 is 5.73 Å². The number of likely N-dealkylation sites (tertiary alicyclic amines) is 1. The summed E-state index contributed by atoms with van der Waals surface area (Å²) in [5.74, 6) is 1.62. The van der Waals surface area contributed by atoms with E-state index in [0.717, 1.165) is 44.8 Å². The lowest BCUT2D eigenvalue weighted by Crippen LogP contribution is -2.40. The number of nitrogens with two attached hydrogens (primary N) is 1. The maximum atomic E-state index is 12.6. The highest BCUT2D eigenvalue weighted by molar-refractivity contribution is 5.80. The third kappa shape index (κ3) is 3.16. The van der Waals surface area contributed by atoms with E-state index in [9.17, 15) is 4.79 Å². The van der Waals surface area contributed by atoms with Crippen molar-refractivity contribution in [2.45, 2.75) is 51.5 Å². The van der Waals surface area contributed by atoms with E-state index in [2.05, 4.69) is 17.9 Å². The maximum Gasteiger partial charge on any atom is 0.240 e. The van der Waals surface area contributed by atoms with E-state index in [4.69, 9.17) is 5.73 Å². The Hall–Kier alpha value is -0.870. The lowest BCUT2D eigenvalue weighted by Gasteiger charge is -2.30. The molecule has 1 aliphatic heterocycles. The van der Waals surface area contributed by atoms with Gasteiger partial charge in [0, 0.05) is 31.4 Å². The molecule has 118 valence electrons. The number of hydrogen-bond donors (Lipinski definition) is 1. The minimum Gasteiger partial charge on any atom is -0.327 e. The lowest BCUT2D eigenvalue weighted by atomic mass is 9.78. The molecule has 4 heteroatoms. The van der Waals surface area contributed by atoms with Gasteiger partial charge in [0.15, 0.2) is 0 Å². The van der Waals surface area contributed by atoms with Crippen molar-refractivity contribution < 1.29 is 4.79 Å². The van der Waals surface area contributed by atoms with Gasteiger partial charge in [0.25, 0.3) is 0 Å². The molecule has 3 aliphatic rings. The summed E-state index contributed by atoms with van der Waals surface area (Å²) >= 11 is 0.